The third-order valence-corrected chi connectivity index (χ3v) is 17.3. The third kappa shape index (κ3) is 18.0. The fraction of sp³-hybridized carbons (Fsp3) is 0.143. The lowest BCUT2D eigenvalue weighted by Crippen LogP contribution is -2.28. The van der Waals surface area contributed by atoms with E-state index in [1.807, 2.05) is 122 Å². The molecule has 0 spiro atoms. The zero-order valence-corrected chi connectivity index (χ0v) is 59.1. The van der Waals surface area contributed by atoms with Crippen LogP contribution >= 0.6 is 0 Å². The van der Waals surface area contributed by atoms with Gasteiger partial charge in [-0.1, -0.05) is 121 Å². The highest BCUT2D eigenvalue weighted by Gasteiger charge is 2.37. The number of piperidine rings is 1. The van der Waals surface area contributed by atoms with Gasteiger partial charge in [-0.25, -0.2) is 15.0 Å². The first-order chi connectivity index (χ1) is 54.8. The number of nitrogens with one attached hydrogen (secondary N) is 9. The molecule has 36 heteroatoms. The number of alkyl halides is 9. The lowest BCUT2D eigenvalue weighted by Gasteiger charge is -2.23. The van der Waals surface area contributed by atoms with Crippen LogP contribution in [0.3, 0.4) is 0 Å². The average molecular weight is 1540 g/mol. The number of aromatic nitrogens is 20. The van der Waals surface area contributed by atoms with Crippen LogP contribution in [0.2, 0.25) is 0 Å². The predicted molar refractivity (Wildman–Crippen MR) is 406 cm³/mol. The van der Waals surface area contributed by atoms with Crippen LogP contribution in [0.5, 0.6) is 5.88 Å². The Balaban J connectivity index is 0.000000127. The highest BCUT2D eigenvalue weighted by atomic mass is 19.4. The topological polar surface area (TPSA) is 365 Å². The van der Waals surface area contributed by atoms with Gasteiger partial charge in [-0.05, 0) is 106 Å². The van der Waals surface area contributed by atoms with E-state index < -0.39 is 35.2 Å². The Kier molecular flexibility index (Phi) is 22.5. The number of hydrogen-bond acceptors (Lipinski definition) is 23. The summed E-state index contributed by atoms with van der Waals surface area (Å²) in [6.45, 7) is 3.96. The smallest absolute Gasteiger partial charge is 0.417 e. The molecule has 10 heterocycles. The van der Waals surface area contributed by atoms with Gasteiger partial charge in [-0.15, -0.1) is 30.6 Å². The van der Waals surface area contributed by atoms with Gasteiger partial charge in [0.25, 0.3) is 5.88 Å². The molecular formula is C77H63F9N26O. The van der Waals surface area contributed by atoms with Crippen molar-refractivity contribution in [1.29, 1.82) is 0 Å². The lowest BCUT2D eigenvalue weighted by molar-refractivity contribution is -0.137. The Labute approximate surface area is 634 Å². The Morgan fingerprint density at radius 2 is 0.903 bits per heavy atom. The molecule has 1 aliphatic rings. The van der Waals surface area contributed by atoms with Crippen LogP contribution in [0.25, 0.3) is 89.4 Å². The molecule has 17 rings (SSSR count). The maximum atomic E-state index is 13.6. The van der Waals surface area contributed by atoms with Crippen LogP contribution in [0.1, 0.15) is 46.8 Å². The minimum Gasteiger partial charge on any atom is -0.473 e. The molecule has 0 radical (unpaired) electrons. The maximum absolute atomic E-state index is 13.6. The lowest BCUT2D eigenvalue weighted by atomic mass is 9.94. The number of nitrogens with zero attached hydrogens (tertiary/aromatic N) is 16. The van der Waals surface area contributed by atoms with Gasteiger partial charge in [0, 0.05) is 80.6 Å². The molecule has 9 aromatic heterocycles. The van der Waals surface area contributed by atoms with Crippen molar-refractivity contribution in [2.45, 2.75) is 44.2 Å². The molecule has 113 heavy (non-hydrogen) atoms. The number of aryl methyl sites for hydroxylation is 1. The van der Waals surface area contributed by atoms with Crippen molar-refractivity contribution in [2.24, 2.45) is 5.73 Å². The number of aromatic amines is 4. The number of pyridine rings is 1. The van der Waals surface area contributed by atoms with E-state index in [0.29, 0.717) is 40.2 Å². The van der Waals surface area contributed by atoms with Crippen LogP contribution in [-0.2, 0) is 18.5 Å². The third-order valence-electron chi connectivity index (χ3n) is 17.3. The fourth-order valence-corrected chi connectivity index (χ4v) is 12.0. The van der Waals surface area contributed by atoms with Crippen LogP contribution in [0.4, 0.5) is 85.9 Å². The number of para-hydroxylation sites is 3. The summed E-state index contributed by atoms with van der Waals surface area (Å²) in [4.78, 5) is 17.2. The van der Waals surface area contributed by atoms with Crippen LogP contribution in [0, 0.1) is 6.92 Å². The molecule has 0 atom stereocenters. The van der Waals surface area contributed by atoms with E-state index in [1.54, 1.807) is 30.7 Å². The number of fused-ring (bicyclic) bond motifs is 3. The molecule has 0 bridgehead atoms. The SMILES string of the molecule is Cc1cc(Nc2cnnc(-c3ccccc3)c2)n[nH]1.FC(F)(F)c1ccccc1-c1nnc(-c2ccncc2)c(Nc2n[nH]c3ccccc23)n1.FC(F)(F)c1ccccc1-c1nnc(C2CCNCC2)c(Nc2n[nH]c3ccccc23)n1.NCCOc1nnc(-c2ccccc2C(F)(F)F)nc1Nc1n[nH]c2ccccc12. The largest absolute Gasteiger partial charge is 0.473 e. The summed E-state index contributed by atoms with van der Waals surface area (Å²) in [7, 11) is 0. The first-order valence-corrected chi connectivity index (χ1v) is 34.7. The summed E-state index contributed by atoms with van der Waals surface area (Å²) in [6.07, 6.45) is -7.14. The second kappa shape index (κ2) is 33.7. The first-order valence-electron chi connectivity index (χ1n) is 34.7. The molecule has 11 N–H and O–H groups in total. The van der Waals surface area contributed by atoms with Gasteiger partial charge in [-0.3, -0.25) is 25.4 Å². The zero-order valence-electron chi connectivity index (χ0n) is 59.1. The summed E-state index contributed by atoms with van der Waals surface area (Å²) in [6, 6.07) is 55.0. The van der Waals surface area contributed by atoms with E-state index in [0.717, 1.165) is 105 Å². The highest BCUT2D eigenvalue weighted by Crippen LogP contribution is 2.42. The van der Waals surface area contributed by atoms with Gasteiger partial charge in [-0.2, -0.15) is 70.1 Å². The summed E-state index contributed by atoms with van der Waals surface area (Å²) in [5.41, 5.74) is 10.3. The van der Waals surface area contributed by atoms with E-state index in [4.69, 9.17) is 10.5 Å². The number of benzene rings is 7. The monoisotopic (exact) mass is 1540 g/mol. The summed E-state index contributed by atoms with van der Waals surface area (Å²) < 4.78 is 127. The van der Waals surface area contributed by atoms with Gasteiger partial charge < -0.3 is 37.1 Å². The van der Waals surface area contributed by atoms with Gasteiger partial charge >= 0.3 is 18.5 Å². The fourth-order valence-electron chi connectivity index (χ4n) is 12.0. The number of halogens is 9. The predicted octanol–water partition coefficient (Wildman–Crippen LogP) is 16.3. The number of ether oxygens (including phenoxy) is 1. The van der Waals surface area contributed by atoms with Crippen LogP contribution in [0.15, 0.2) is 219 Å². The van der Waals surface area contributed by atoms with Crippen molar-refractivity contribution in [2.75, 3.05) is 47.5 Å². The van der Waals surface area contributed by atoms with Crippen molar-refractivity contribution in [1.82, 2.24) is 107 Å². The normalized spacial score (nSPS) is 12.4. The van der Waals surface area contributed by atoms with Crippen LogP contribution in [-0.4, -0.2) is 128 Å². The second-order valence-electron chi connectivity index (χ2n) is 25.0. The van der Waals surface area contributed by atoms with E-state index in [2.05, 4.69) is 128 Å². The molecule has 0 saturated carbocycles. The molecule has 27 nitrogen and oxygen atoms in total. The van der Waals surface area contributed by atoms with Crippen molar-refractivity contribution in [3.63, 3.8) is 0 Å². The number of rotatable bonds is 17. The first kappa shape index (κ1) is 75.5. The molecule has 16 aromatic rings. The van der Waals surface area contributed by atoms with Crippen molar-refractivity contribution in [3.8, 4) is 62.6 Å². The minimum atomic E-state index is -4.57. The van der Waals surface area contributed by atoms with Crippen molar-refractivity contribution in [3.05, 3.63) is 247 Å². The average Bonchev–Trinajstić information content (AvgIpc) is 1.69. The molecule has 7 aromatic carbocycles. The van der Waals surface area contributed by atoms with E-state index in [9.17, 15) is 39.5 Å². The van der Waals surface area contributed by atoms with Crippen molar-refractivity contribution >= 4 is 79.1 Å². The molecule has 0 amide bonds. The second-order valence-corrected chi connectivity index (χ2v) is 25.0. The van der Waals surface area contributed by atoms with Crippen molar-refractivity contribution < 1.29 is 44.3 Å². The Bertz CT molecular complexity index is 5910. The van der Waals surface area contributed by atoms with E-state index >= 15 is 0 Å². The Hall–Kier alpha value is -14.3. The Morgan fingerprint density at radius 3 is 1.42 bits per heavy atom. The minimum absolute atomic E-state index is 0.000714. The molecule has 1 fully saturated rings. The zero-order chi connectivity index (χ0) is 78.5. The molecule has 0 aliphatic carbocycles. The maximum Gasteiger partial charge on any atom is 0.417 e. The van der Waals surface area contributed by atoms with Gasteiger partial charge in [0.1, 0.15) is 18.0 Å². The molecular weight excluding hydrogens is 1480 g/mol. The number of hydrogen-bond donors (Lipinski definition) is 10. The molecule has 570 valence electrons. The van der Waals surface area contributed by atoms with Gasteiger partial charge in [0.05, 0.1) is 50.8 Å². The Morgan fingerprint density at radius 1 is 0.442 bits per heavy atom. The molecule has 1 aliphatic heterocycles. The van der Waals surface area contributed by atoms with Gasteiger partial charge in [0.2, 0.25) is 0 Å². The quantitative estimate of drug-likeness (QED) is 0.0379. The molecule has 0 unspecified atom stereocenters. The van der Waals surface area contributed by atoms with Gasteiger partial charge in [0.15, 0.2) is 58.2 Å². The summed E-state index contributed by atoms with van der Waals surface area (Å²) in [5.74, 6) is 2.49. The van der Waals surface area contributed by atoms with E-state index in [1.165, 1.54) is 54.6 Å². The standard InChI is InChI=1S/C22H20F3N7.C22H14F3N7.C19H16F3N7O.C14H13N5/c2*23-22(24,25)16-7-3-1-5-14(16)19-27-21(18(30-32-19)13-9-11-26-12-10-13)28-20-15-6-2-4-8-17(15)29-31-20;20-19(21,22)13-7-3-1-5-11(13)15-24-17(18(29-28-15)30-10-9-23)25-16-12-6-2-4-8-14(12)26-27-16;1-10-7-14(19-17-10)16-12-8-13(18-15-9-12)11-5-3-2-4-6-11/h1-8,13,26H,9-12H2,(H2,27,28,29,31,32);1-12H,(H2,27,28,29,31,32);1-8H,9-10,23H2,(H2,24,25,26,27,28);2-9H,1H3,(H2,16,17,18,19). The summed E-state index contributed by atoms with van der Waals surface area (Å²) >= 11 is 0. The van der Waals surface area contributed by atoms with E-state index in [-0.39, 0.29) is 70.7 Å². The number of H-pyrrole nitrogens is 4. The summed E-state index contributed by atoms with van der Waals surface area (Å²) in [5, 5.41) is 79.2. The molecule has 1 saturated heterocycles. The van der Waals surface area contributed by atoms with Crippen LogP contribution < -0.4 is 37.1 Å². The number of anilines is 8. The number of nitrogens with two attached hydrogens (primary N) is 1. The highest BCUT2D eigenvalue weighted by molar-refractivity contribution is 5.94.